The molecule has 1 aliphatic rings. The van der Waals surface area contributed by atoms with E-state index in [4.69, 9.17) is 17.0 Å². The Morgan fingerprint density at radius 3 is 2.72 bits per heavy atom. The van der Waals surface area contributed by atoms with Gasteiger partial charge in [-0.1, -0.05) is 5.21 Å². The third-order valence-electron chi connectivity index (χ3n) is 2.91. The molecule has 0 saturated carbocycles. The maximum atomic E-state index is 10.1. The van der Waals surface area contributed by atoms with Gasteiger partial charge in [0.05, 0.1) is 12.3 Å². The smallest absolute Gasteiger partial charge is 0.165 e. The Morgan fingerprint density at radius 2 is 2.22 bits per heavy atom. The normalized spacial score (nSPS) is 36.8. The van der Waals surface area contributed by atoms with Gasteiger partial charge in [0, 0.05) is 6.20 Å². The van der Waals surface area contributed by atoms with E-state index in [9.17, 15) is 10.2 Å². The fourth-order valence-corrected chi connectivity index (χ4v) is 2.53. The van der Waals surface area contributed by atoms with Crippen LogP contribution in [0.5, 0.6) is 0 Å². The number of aromatic nitrogens is 3. The Morgan fingerprint density at radius 1 is 1.50 bits per heavy atom. The van der Waals surface area contributed by atoms with Gasteiger partial charge in [0.15, 0.2) is 7.12 Å². The Hall–Kier alpha value is -0.605. The first-order valence-electron chi connectivity index (χ1n) is 5.45. The van der Waals surface area contributed by atoms with Crippen LogP contribution in [0.1, 0.15) is 11.7 Å². The molecule has 5 atom stereocenters. The van der Waals surface area contributed by atoms with Crippen LogP contribution >= 0.6 is 11.6 Å². The van der Waals surface area contributed by atoms with Gasteiger partial charge in [-0.05, 0) is 6.92 Å². The zero-order valence-corrected chi connectivity index (χ0v) is 10.6. The molecule has 98 valence electrons. The summed E-state index contributed by atoms with van der Waals surface area (Å²) in [5.74, 6) is 0. The Kier molecular flexibility index (Phi) is 4.28. The number of rotatable bonds is 3. The number of nitrogens with zero attached hydrogens (tertiary/aromatic N) is 3. The minimum absolute atomic E-state index is 0.366. The molecule has 0 spiro atoms. The first kappa shape index (κ1) is 13.8. The van der Waals surface area contributed by atoms with Crippen molar-refractivity contribution in [1.82, 2.24) is 15.0 Å². The van der Waals surface area contributed by atoms with E-state index in [0.717, 1.165) is 11.6 Å². The summed E-state index contributed by atoms with van der Waals surface area (Å²) in [4.78, 5) is 0. The van der Waals surface area contributed by atoms with Crippen molar-refractivity contribution in [2.75, 3.05) is 6.61 Å². The van der Waals surface area contributed by atoms with Crippen molar-refractivity contribution in [3.8, 4) is 0 Å². The van der Waals surface area contributed by atoms with Crippen LogP contribution in [0.15, 0.2) is 6.20 Å². The van der Waals surface area contributed by atoms with Crippen LogP contribution in [-0.4, -0.2) is 67.8 Å². The zero-order valence-electron chi connectivity index (χ0n) is 9.75. The van der Waals surface area contributed by atoms with Crippen LogP contribution in [0.4, 0.5) is 0 Å². The van der Waals surface area contributed by atoms with Crippen molar-refractivity contribution >= 4 is 18.7 Å². The van der Waals surface area contributed by atoms with E-state index < -0.39 is 29.8 Å². The quantitative estimate of drug-likeness (QED) is 0.568. The monoisotopic (exact) mass is 271 g/mol. The van der Waals surface area contributed by atoms with Crippen LogP contribution < -0.4 is 0 Å². The van der Waals surface area contributed by atoms with Gasteiger partial charge in [-0.3, -0.25) is 0 Å². The number of aryl methyl sites for hydroxylation is 1. The lowest BCUT2D eigenvalue weighted by Gasteiger charge is -2.41. The number of aliphatic hydroxyl groups is 3. The van der Waals surface area contributed by atoms with E-state index in [2.05, 4.69) is 10.3 Å². The molecule has 1 aromatic rings. The highest BCUT2D eigenvalue weighted by Gasteiger charge is 2.45. The van der Waals surface area contributed by atoms with Gasteiger partial charge in [-0.25, -0.2) is 4.68 Å². The summed E-state index contributed by atoms with van der Waals surface area (Å²) >= 11 is 0.824. The molecular weight excluding hydrogens is 257 g/mol. The fraction of sp³-hybridized carbons (Fsp3) is 0.778. The van der Waals surface area contributed by atoms with E-state index in [1.54, 1.807) is 13.1 Å². The minimum Gasteiger partial charge on any atom is -0.394 e. The summed E-state index contributed by atoms with van der Waals surface area (Å²) in [5, 5.41) is 37.0. The average molecular weight is 271 g/mol. The molecule has 3 N–H and O–H groups in total. The second-order valence-electron chi connectivity index (χ2n) is 4.17. The maximum absolute atomic E-state index is 10.1. The van der Waals surface area contributed by atoms with Crippen LogP contribution in [0.2, 0.25) is 0 Å². The standard InChI is InChI=1S/C9H14BN3O4S/c1-4-2-13(12-11-4)6-7(15)5(3-14)17-9(18-10)8(6)16/h2,5-9,14-16H,3H2,1H3/t5?,6?,7-,8?,9+/m0/s1. The molecule has 0 aromatic carbocycles. The summed E-state index contributed by atoms with van der Waals surface area (Å²) in [5.41, 5.74) is -0.0709. The van der Waals surface area contributed by atoms with E-state index in [1.165, 1.54) is 4.68 Å². The number of hydrogen-bond donors (Lipinski definition) is 3. The molecule has 0 bridgehead atoms. The lowest BCUT2D eigenvalue weighted by Crippen LogP contribution is -2.55. The molecule has 1 aromatic heterocycles. The van der Waals surface area contributed by atoms with Crippen molar-refractivity contribution < 1.29 is 20.1 Å². The molecule has 2 rings (SSSR count). The van der Waals surface area contributed by atoms with E-state index in [-0.39, 0.29) is 6.61 Å². The number of ether oxygens (including phenoxy) is 1. The highest BCUT2D eigenvalue weighted by Crippen LogP contribution is 2.33. The van der Waals surface area contributed by atoms with E-state index >= 15 is 0 Å². The molecular formula is C9H14BN3O4S. The highest BCUT2D eigenvalue weighted by molar-refractivity contribution is 8.20. The molecule has 18 heavy (non-hydrogen) atoms. The van der Waals surface area contributed by atoms with Gasteiger partial charge < -0.3 is 20.1 Å². The molecule has 0 amide bonds. The molecule has 2 radical (unpaired) electrons. The predicted molar refractivity (Wildman–Crippen MR) is 64.9 cm³/mol. The van der Waals surface area contributed by atoms with Crippen LogP contribution in [-0.2, 0) is 4.74 Å². The van der Waals surface area contributed by atoms with E-state index in [0.29, 0.717) is 5.69 Å². The van der Waals surface area contributed by atoms with Crippen molar-refractivity contribution in [3.63, 3.8) is 0 Å². The van der Waals surface area contributed by atoms with Gasteiger partial charge in [0.2, 0.25) is 0 Å². The largest absolute Gasteiger partial charge is 0.394 e. The molecule has 7 nitrogen and oxygen atoms in total. The SMILES string of the molecule is [B]S[C@H]1OC(CO)[C@H](O)C(n2cc(C)nn2)C1O. The topological polar surface area (TPSA) is 101 Å². The van der Waals surface area contributed by atoms with Crippen molar-refractivity contribution in [1.29, 1.82) is 0 Å². The fourth-order valence-electron chi connectivity index (χ4n) is 2.00. The Bertz CT molecular complexity index is 391. The van der Waals surface area contributed by atoms with Crippen LogP contribution in [0.3, 0.4) is 0 Å². The van der Waals surface area contributed by atoms with Gasteiger partial charge >= 0.3 is 0 Å². The van der Waals surface area contributed by atoms with Gasteiger partial charge in [-0.15, -0.1) is 5.10 Å². The van der Waals surface area contributed by atoms with Gasteiger partial charge in [0.1, 0.15) is 29.8 Å². The number of hydrogen-bond acceptors (Lipinski definition) is 7. The molecule has 1 fully saturated rings. The molecule has 9 heteroatoms. The van der Waals surface area contributed by atoms with Crippen LogP contribution in [0.25, 0.3) is 0 Å². The second-order valence-corrected chi connectivity index (χ2v) is 4.91. The third kappa shape index (κ3) is 2.41. The Labute approximate surface area is 109 Å². The molecule has 0 aliphatic carbocycles. The van der Waals surface area contributed by atoms with Crippen molar-refractivity contribution in [3.05, 3.63) is 11.9 Å². The van der Waals surface area contributed by atoms with Crippen molar-refractivity contribution in [2.24, 2.45) is 0 Å². The van der Waals surface area contributed by atoms with E-state index in [1.807, 2.05) is 0 Å². The zero-order chi connectivity index (χ0) is 13.3. The molecule has 3 unspecified atom stereocenters. The molecule has 2 heterocycles. The second kappa shape index (κ2) is 5.58. The maximum Gasteiger partial charge on any atom is 0.165 e. The van der Waals surface area contributed by atoms with Gasteiger partial charge in [0.25, 0.3) is 0 Å². The summed E-state index contributed by atoms with van der Waals surface area (Å²) in [6, 6.07) is -0.752. The summed E-state index contributed by atoms with van der Waals surface area (Å²) in [6.07, 6.45) is -1.34. The Balaban J connectivity index is 2.29. The number of aliphatic hydroxyl groups excluding tert-OH is 3. The van der Waals surface area contributed by atoms with Crippen molar-refractivity contribution in [2.45, 2.75) is 36.7 Å². The van der Waals surface area contributed by atoms with Gasteiger partial charge in [-0.2, -0.15) is 11.6 Å². The average Bonchev–Trinajstić information content (AvgIpc) is 2.76. The summed E-state index contributed by atoms with van der Waals surface area (Å²) in [7, 11) is 5.42. The predicted octanol–water partition coefficient (Wildman–Crippen LogP) is -1.62. The third-order valence-corrected chi connectivity index (χ3v) is 3.57. The summed E-state index contributed by atoms with van der Waals surface area (Å²) < 4.78 is 6.67. The minimum atomic E-state index is -1.09. The lowest BCUT2D eigenvalue weighted by molar-refractivity contribution is -0.178. The first-order chi connectivity index (χ1) is 8.58. The first-order valence-corrected chi connectivity index (χ1v) is 6.39. The molecule has 1 saturated heterocycles. The lowest BCUT2D eigenvalue weighted by atomic mass is 9.97. The van der Waals surface area contributed by atoms with Crippen LogP contribution in [0, 0.1) is 6.92 Å². The molecule has 1 aliphatic heterocycles. The summed E-state index contributed by atoms with van der Waals surface area (Å²) in [6.45, 7) is 1.38. The highest BCUT2D eigenvalue weighted by atomic mass is 32.2.